The molecule has 4 atom stereocenters. The molecular weight excluding hydrogens is 1070 g/mol. The molecule has 0 radical (unpaired) electrons. The van der Waals surface area contributed by atoms with Crippen LogP contribution >= 0.6 is 68.0 Å². The molecule has 2 aliphatic rings. The third-order valence-electron chi connectivity index (χ3n) is 17.1. The van der Waals surface area contributed by atoms with Crippen LogP contribution < -0.4 is 9.80 Å². The van der Waals surface area contributed by atoms with Gasteiger partial charge in [0.1, 0.15) is 0 Å². The summed E-state index contributed by atoms with van der Waals surface area (Å²) < 4.78 is 5.24. The van der Waals surface area contributed by atoms with Crippen LogP contribution in [0.3, 0.4) is 0 Å². The monoisotopic (exact) mass is 1150 g/mol. The summed E-state index contributed by atoms with van der Waals surface area (Å²) in [5.74, 6) is 2.19. The molecule has 0 N–H and O–H groups in total. The van der Waals surface area contributed by atoms with Crippen LogP contribution in [0.15, 0.2) is 84.9 Å². The summed E-state index contributed by atoms with van der Waals surface area (Å²) in [5.41, 5.74) is 7.04. The van der Waals surface area contributed by atoms with Crippen LogP contribution in [-0.4, -0.2) is 24.9 Å². The zero-order valence-corrected chi connectivity index (χ0v) is 52.6. The number of nitrogens with zero attached hydrogens (tertiary/aromatic N) is 2. The van der Waals surface area contributed by atoms with E-state index in [-0.39, 0.29) is 11.8 Å². The van der Waals surface area contributed by atoms with Gasteiger partial charge >= 0.3 is 0 Å². The number of unbranched alkanes of at least 4 members (excludes halogenated alkanes) is 4. The first-order chi connectivity index (χ1) is 38.1. The second-order valence-corrected chi connectivity index (χ2v) is 29.2. The van der Waals surface area contributed by atoms with Gasteiger partial charge in [0, 0.05) is 82.0 Å². The van der Waals surface area contributed by atoms with E-state index in [9.17, 15) is 0 Å². The van der Waals surface area contributed by atoms with Crippen molar-refractivity contribution in [3.05, 3.63) is 106 Å². The average Bonchev–Trinajstić information content (AvgIpc) is 4.54. The Balaban J connectivity index is 0.987. The van der Waals surface area contributed by atoms with Crippen molar-refractivity contribution in [2.75, 3.05) is 22.9 Å². The quantitative estimate of drug-likeness (QED) is 0.0459. The Morgan fingerprint density at radius 2 is 0.718 bits per heavy atom. The van der Waals surface area contributed by atoms with Crippen LogP contribution in [-0.2, 0) is 22.4 Å². The zero-order valence-electron chi connectivity index (χ0n) is 47.7. The topological polar surface area (TPSA) is 40.6 Å². The van der Waals surface area contributed by atoms with Gasteiger partial charge in [-0.1, -0.05) is 170 Å². The summed E-state index contributed by atoms with van der Waals surface area (Å²) >= 11 is 11.4. The lowest BCUT2D eigenvalue weighted by atomic mass is 9.95. The maximum atomic E-state index is 15.5. The number of amides is 2. The largest absolute Gasteiger partial charge is 0.307 e. The molecular formula is C68H82N2O2S6. The minimum absolute atomic E-state index is 0.0353. The maximum absolute atomic E-state index is 15.5. The lowest BCUT2D eigenvalue weighted by Gasteiger charge is -2.24. The van der Waals surface area contributed by atoms with Gasteiger partial charge in [0.25, 0.3) is 11.8 Å². The van der Waals surface area contributed by atoms with Crippen LogP contribution in [0.1, 0.15) is 179 Å². The van der Waals surface area contributed by atoms with E-state index in [0.717, 1.165) is 96.8 Å². The summed E-state index contributed by atoms with van der Waals surface area (Å²) in [4.78, 5) is 46.0. The highest BCUT2D eigenvalue weighted by Crippen LogP contribution is 2.52. The van der Waals surface area contributed by atoms with E-state index >= 15 is 9.59 Å². The van der Waals surface area contributed by atoms with Gasteiger partial charge in [0.05, 0.1) is 22.5 Å². The Bertz CT molecular complexity index is 3080. The van der Waals surface area contributed by atoms with Crippen LogP contribution in [0.25, 0.3) is 70.3 Å². The van der Waals surface area contributed by atoms with Crippen LogP contribution in [0.4, 0.5) is 11.4 Å². The van der Waals surface area contributed by atoms with Crippen molar-refractivity contribution in [2.24, 2.45) is 23.7 Å². The van der Waals surface area contributed by atoms with E-state index in [4.69, 9.17) is 0 Å². The Labute approximate surface area is 490 Å². The summed E-state index contributed by atoms with van der Waals surface area (Å²) in [5, 5.41) is 0. The van der Waals surface area contributed by atoms with Crippen LogP contribution in [0.2, 0.25) is 0 Å². The van der Waals surface area contributed by atoms with E-state index < -0.39 is 0 Å². The third kappa shape index (κ3) is 12.2. The first kappa shape index (κ1) is 57.1. The zero-order chi connectivity index (χ0) is 54.5. The normalized spacial score (nSPS) is 16.1. The molecule has 8 heterocycles. The minimum Gasteiger partial charge on any atom is -0.307 e. The number of carbonyl (C=O) groups is 2. The Morgan fingerprint density at radius 3 is 1.08 bits per heavy atom. The van der Waals surface area contributed by atoms with Crippen molar-refractivity contribution < 1.29 is 9.59 Å². The molecule has 2 aromatic carbocycles. The molecule has 0 bridgehead atoms. The van der Waals surface area contributed by atoms with Crippen molar-refractivity contribution in [1.29, 1.82) is 0 Å². The molecule has 0 spiro atoms. The minimum atomic E-state index is -0.0353. The molecule has 10 heteroatoms. The summed E-state index contributed by atoms with van der Waals surface area (Å²) in [6.07, 6.45) is 21.3. The molecule has 4 nitrogen and oxygen atoms in total. The molecule has 2 amide bonds. The molecule has 0 saturated carbocycles. The van der Waals surface area contributed by atoms with E-state index in [0.29, 0.717) is 36.1 Å². The standard InChI is InChI=1S/C68H82N2O2S6/c1-9-17-21-43(13-5)33-49-27-31-55(73-49)59-39-63-61(77-59)37-57(75-63)47-25-29-51-53(35-47)69(41-45(15-7)23-19-11-3)67(71)65(51)66-52-30-26-48(36-54(52)70(68(66)72)42-46(16-8)24-20-12-4)58-38-62-64(76-58)40-60(78-62)56-32-28-50(74-56)34-44(14-6)22-18-10-2/h25-32,35-40,43-46H,9-24,33-34,41-42H2,1-8H3/b66-65-. The summed E-state index contributed by atoms with van der Waals surface area (Å²) in [6, 6.07) is 32.2. The molecule has 0 fully saturated rings. The predicted octanol–water partition coefficient (Wildman–Crippen LogP) is 22.6. The number of rotatable bonds is 28. The highest BCUT2D eigenvalue weighted by molar-refractivity contribution is 7.33. The number of hydrogen-bond donors (Lipinski definition) is 0. The van der Waals surface area contributed by atoms with E-state index in [1.54, 1.807) is 0 Å². The van der Waals surface area contributed by atoms with Crippen LogP contribution in [0, 0.1) is 23.7 Å². The molecule has 412 valence electrons. The number of anilines is 2. The highest BCUT2D eigenvalue weighted by Gasteiger charge is 2.43. The van der Waals surface area contributed by atoms with E-state index in [1.165, 1.54) is 122 Å². The van der Waals surface area contributed by atoms with Crippen molar-refractivity contribution >= 4 is 121 Å². The fourth-order valence-electron chi connectivity index (χ4n) is 12.0. The van der Waals surface area contributed by atoms with Gasteiger partial charge in [-0.15, -0.1) is 68.0 Å². The van der Waals surface area contributed by atoms with Gasteiger partial charge in [-0.3, -0.25) is 9.59 Å². The molecule has 4 unspecified atom stereocenters. The average molecular weight is 1150 g/mol. The SMILES string of the molecule is CCCCC(CC)Cc1ccc(-c2cc3sc(-c4ccc5c(c4)N(CC(CC)CCCC)C(=O)/C5=C4\C(=O)N(CC(CC)CCCC)c5cc(-c6cc7sc(-c8ccc(CC(CC)CCCC)s8)cc7s6)ccc54)cc3s2)s1. The van der Waals surface area contributed by atoms with Crippen molar-refractivity contribution in [3.8, 4) is 40.4 Å². The lowest BCUT2D eigenvalue weighted by molar-refractivity contribution is -0.114. The predicted molar refractivity (Wildman–Crippen MR) is 349 cm³/mol. The van der Waals surface area contributed by atoms with Gasteiger partial charge in [0.2, 0.25) is 0 Å². The highest BCUT2D eigenvalue weighted by atomic mass is 32.1. The molecule has 78 heavy (non-hydrogen) atoms. The fraction of sp³-hybridized carbons (Fsp3) is 0.471. The van der Waals surface area contributed by atoms with Crippen molar-refractivity contribution in [3.63, 3.8) is 0 Å². The number of thiophene rings is 6. The number of fused-ring (bicyclic) bond motifs is 4. The summed E-state index contributed by atoms with van der Waals surface area (Å²) in [7, 11) is 0. The first-order valence-electron chi connectivity index (χ1n) is 30.0. The first-order valence-corrected chi connectivity index (χ1v) is 34.9. The van der Waals surface area contributed by atoms with Gasteiger partial charge < -0.3 is 9.80 Å². The molecule has 8 aromatic rings. The second kappa shape index (κ2) is 26.2. The third-order valence-corrected chi connectivity index (χ3v) is 24.4. The van der Waals surface area contributed by atoms with Crippen molar-refractivity contribution in [2.45, 2.75) is 171 Å². The van der Waals surface area contributed by atoms with Gasteiger partial charge in [-0.2, -0.15) is 0 Å². The van der Waals surface area contributed by atoms with Crippen molar-refractivity contribution in [1.82, 2.24) is 0 Å². The molecule has 0 aliphatic carbocycles. The number of hydrogen-bond acceptors (Lipinski definition) is 8. The second-order valence-electron chi connectivity index (χ2n) is 22.6. The van der Waals surface area contributed by atoms with Gasteiger partial charge in [-0.05, 0) is 121 Å². The van der Waals surface area contributed by atoms with E-state index in [1.807, 2.05) is 68.0 Å². The summed E-state index contributed by atoms with van der Waals surface area (Å²) in [6.45, 7) is 19.6. The van der Waals surface area contributed by atoms with Gasteiger partial charge in [-0.25, -0.2) is 0 Å². The smallest absolute Gasteiger partial charge is 0.259 e. The molecule has 2 aliphatic heterocycles. The molecule has 10 rings (SSSR count). The fourth-order valence-corrected chi connectivity index (χ4v) is 19.2. The van der Waals surface area contributed by atoms with E-state index in [2.05, 4.69) is 150 Å². The lowest BCUT2D eigenvalue weighted by Crippen LogP contribution is -2.34. The number of benzene rings is 2. The number of carbonyl (C=O) groups excluding carboxylic acids is 2. The van der Waals surface area contributed by atoms with Gasteiger partial charge in [0.15, 0.2) is 0 Å². The molecule has 6 aromatic heterocycles. The van der Waals surface area contributed by atoms with Crippen LogP contribution in [0.5, 0.6) is 0 Å². The maximum Gasteiger partial charge on any atom is 0.259 e. The Hall–Kier alpha value is -4.16. The Kier molecular flexibility index (Phi) is 19.2. The Morgan fingerprint density at radius 1 is 0.372 bits per heavy atom. The molecule has 0 saturated heterocycles.